The van der Waals surface area contributed by atoms with Gasteiger partial charge in [-0.25, -0.2) is 4.79 Å². The van der Waals surface area contributed by atoms with Gasteiger partial charge in [-0.05, 0) is 5.92 Å². The summed E-state index contributed by atoms with van der Waals surface area (Å²) in [6, 6.07) is 0. The number of amides is 2. The molecule has 0 radical (unpaired) electrons. The average Bonchev–Trinajstić information content (AvgIpc) is 2.10. The highest BCUT2D eigenvalue weighted by Crippen LogP contribution is 2.20. The highest BCUT2D eigenvalue weighted by molar-refractivity contribution is 5.77. The number of carbonyl (C=O) groups is 2. The lowest BCUT2D eigenvalue weighted by atomic mass is 9.93. The summed E-state index contributed by atoms with van der Waals surface area (Å²) in [4.78, 5) is 22.2. The lowest BCUT2D eigenvalue weighted by Crippen LogP contribution is -2.63. The molecule has 1 rings (SSSR count). The number of carbonyl (C=O) groups excluding carboxylic acids is 2. The summed E-state index contributed by atoms with van der Waals surface area (Å²) >= 11 is 0. The van der Waals surface area contributed by atoms with E-state index in [4.69, 9.17) is 15.2 Å². The second kappa shape index (κ2) is 5.16. The van der Waals surface area contributed by atoms with Crippen LogP contribution in [0.4, 0.5) is 4.79 Å². The lowest BCUT2D eigenvalue weighted by Gasteiger charge is -2.40. The standard InChI is InChI=1S/C10H18N2O4/c1-7(2)4-16-9(14)12-10(3-8(11)13)5-15-6-10/h7H,3-6H2,1-2H3,(H2,11,13)(H,12,14). The third-order valence-electron chi connectivity index (χ3n) is 2.18. The van der Waals surface area contributed by atoms with Crippen LogP contribution in [0.25, 0.3) is 0 Å². The quantitative estimate of drug-likeness (QED) is 0.696. The second-order valence-corrected chi connectivity index (χ2v) is 4.53. The van der Waals surface area contributed by atoms with Crippen LogP contribution in [0, 0.1) is 5.92 Å². The molecule has 0 saturated carbocycles. The molecule has 0 aromatic heterocycles. The van der Waals surface area contributed by atoms with Crippen molar-refractivity contribution in [2.45, 2.75) is 25.8 Å². The Balaban J connectivity index is 2.38. The number of ether oxygens (including phenoxy) is 2. The first kappa shape index (κ1) is 12.8. The highest BCUT2D eigenvalue weighted by Gasteiger charge is 2.42. The number of nitrogens with one attached hydrogen (secondary N) is 1. The first-order chi connectivity index (χ1) is 7.43. The minimum Gasteiger partial charge on any atom is -0.449 e. The van der Waals surface area contributed by atoms with Gasteiger partial charge in [0.05, 0.1) is 31.8 Å². The van der Waals surface area contributed by atoms with Crippen LogP contribution in [-0.4, -0.2) is 37.4 Å². The molecule has 0 aliphatic carbocycles. The van der Waals surface area contributed by atoms with Crippen molar-refractivity contribution < 1.29 is 19.1 Å². The van der Waals surface area contributed by atoms with E-state index in [0.29, 0.717) is 19.8 Å². The van der Waals surface area contributed by atoms with Crippen molar-refractivity contribution in [3.8, 4) is 0 Å². The lowest BCUT2D eigenvalue weighted by molar-refractivity contribution is -0.127. The van der Waals surface area contributed by atoms with Crippen molar-refractivity contribution in [1.29, 1.82) is 0 Å². The topological polar surface area (TPSA) is 90.6 Å². The van der Waals surface area contributed by atoms with E-state index in [0.717, 1.165) is 0 Å². The van der Waals surface area contributed by atoms with Gasteiger partial charge >= 0.3 is 6.09 Å². The van der Waals surface area contributed by atoms with E-state index < -0.39 is 17.5 Å². The van der Waals surface area contributed by atoms with E-state index in [9.17, 15) is 9.59 Å². The molecule has 6 heteroatoms. The minimum atomic E-state index is -0.667. The smallest absolute Gasteiger partial charge is 0.407 e. The predicted molar refractivity (Wildman–Crippen MR) is 56.7 cm³/mol. The van der Waals surface area contributed by atoms with Gasteiger partial charge in [0.2, 0.25) is 5.91 Å². The van der Waals surface area contributed by atoms with E-state index in [-0.39, 0.29) is 12.3 Å². The van der Waals surface area contributed by atoms with Gasteiger partial charge in [-0.1, -0.05) is 13.8 Å². The van der Waals surface area contributed by atoms with E-state index in [1.165, 1.54) is 0 Å². The van der Waals surface area contributed by atoms with Crippen molar-refractivity contribution in [3.05, 3.63) is 0 Å². The Morgan fingerprint density at radius 2 is 2.12 bits per heavy atom. The van der Waals surface area contributed by atoms with Crippen molar-refractivity contribution in [1.82, 2.24) is 5.32 Å². The van der Waals surface area contributed by atoms with Crippen molar-refractivity contribution in [2.24, 2.45) is 11.7 Å². The van der Waals surface area contributed by atoms with Crippen LogP contribution in [0.5, 0.6) is 0 Å². The molecule has 0 atom stereocenters. The van der Waals surface area contributed by atoms with Crippen LogP contribution in [0.1, 0.15) is 20.3 Å². The van der Waals surface area contributed by atoms with Crippen molar-refractivity contribution >= 4 is 12.0 Å². The summed E-state index contributed by atoms with van der Waals surface area (Å²) in [7, 11) is 0. The molecule has 0 aromatic carbocycles. The third-order valence-corrected chi connectivity index (χ3v) is 2.18. The molecule has 2 amide bonds. The fraction of sp³-hybridized carbons (Fsp3) is 0.800. The molecule has 0 aromatic rings. The number of hydrogen-bond donors (Lipinski definition) is 2. The SMILES string of the molecule is CC(C)COC(=O)NC1(CC(N)=O)COC1. The molecule has 1 aliphatic rings. The van der Waals surface area contributed by atoms with E-state index in [2.05, 4.69) is 5.32 Å². The molecule has 92 valence electrons. The van der Waals surface area contributed by atoms with Gasteiger partial charge in [0.25, 0.3) is 0 Å². The number of hydrogen-bond acceptors (Lipinski definition) is 4. The largest absolute Gasteiger partial charge is 0.449 e. The van der Waals surface area contributed by atoms with Gasteiger partial charge in [-0.15, -0.1) is 0 Å². The summed E-state index contributed by atoms with van der Waals surface area (Å²) in [6.45, 7) is 4.83. The first-order valence-corrected chi connectivity index (χ1v) is 5.24. The summed E-state index contributed by atoms with van der Waals surface area (Å²) in [6.07, 6.45) is -0.456. The van der Waals surface area contributed by atoms with Crippen LogP contribution >= 0.6 is 0 Å². The predicted octanol–water partition coefficient (Wildman–Crippen LogP) is 0.0130. The van der Waals surface area contributed by atoms with Gasteiger partial charge in [-0.3, -0.25) is 4.79 Å². The summed E-state index contributed by atoms with van der Waals surface area (Å²) in [5, 5.41) is 2.63. The molecule has 0 unspecified atom stereocenters. The highest BCUT2D eigenvalue weighted by atomic mass is 16.6. The molecular weight excluding hydrogens is 212 g/mol. The molecule has 0 bridgehead atoms. The normalized spacial score (nSPS) is 17.7. The first-order valence-electron chi connectivity index (χ1n) is 5.24. The van der Waals surface area contributed by atoms with Crippen LogP contribution in [0.2, 0.25) is 0 Å². The van der Waals surface area contributed by atoms with Crippen molar-refractivity contribution in [3.63, 3.8) is 0 Å². The van der Waals surface area contributed by atoms with Crippen LogP contribution < -0.4 is 11.1 Å². The van der Waals surface area contributed by atoms with E-state index in [1.54, 1.807) is 0 Å². The maximum Gasteiger partial charge on any atom is 0.407 e. The fourth-order valence-corrected chi connectivity index (χ4v) is 1.40. The molecule has 6 nitrogen and oxygen atoms in total. The Kier molecular flexibility index (Phi) is 4.12. The van der Waals surface area contributed by atoms with Gasteiger partial charge in [0, 0.05) is 0 Å². The maximum atomic E-state index is 11.4. The Labute approximate surface area is 94.5 Å². The Bertz CT molecular complexity index is 274. The number of rotatable bonds is 5. The summed E-state index contributed by atoms with van der Waals surface area (Å²) < 4.78 is 9.95. The molecule has 1 heterocycles. The van der Waals surface area contributed by atoms with E-state index in [1.807, 2.05) is 13.8 Å². The molecule has 1 aliphatic heterocycles. The van der Waals surface area contributed by atoms with Gasteiger partial charge in [-0.2, -0.15) is 0 Å². The molecular formula is C10H18N2O4. The van der Waals surface area contributed by atoms with Crippen LogP contribution in [0.15, 0.2) is 0 Å². The van der Waals surface area contributed by atoms with Crippen LogP contribution in [-0.2, 0) is 14.3 Å². The Hall–Kier alpha value is -1.30. The zero-order valence-electron chi connectivity index (χ0n) is 9.62. The number of primary amides is 1. The van der Waals surface area contributed by atoms with Gasteiger partial charge in [0.15, 0.2) is 0 Å². The van der Waals surface area contributed by atoms with Gasteiger partial charge in [0.1, 0.15) is 0 Å². The second-order valence-electron chi connectivity index (χ2n) is 4.53. The number of nitrogens with two attached hydrogens (primary N) is 1. The molecule has 1 fully saturated rings. The zero-order chi connectivity index (χ0) is 12.2. The van der Waals surface area contributed by atoms with Crippen molar-refractivity contribution in [2.75, 3.05) is 19.8 Å². The number of alkyl carbamates (subject to hydrolysis) is 1. The molecule has 3 N–H and O–H groups in total. The average molecular weight is 230 g/mol. The summed E-state index contributed by atoms with van der Waals surface area (Å²) in [5.41, 5.74) is 4.43. The molecule has 1 saturated heterocycles. The van der Waals surface area contributed by atoms with E-state index >= 15 is 0 Å². The van der Waals surface area contributed by atoms with Gasteiger partial charge < -0.3 is 20.5 Å². The Morgan fingerprint density at radius 3 is 2.50 bits per heavy atom. The maximum absolute atomic E-state index is 11.4. The molecule has 0 spiro atoms. The fourth-order valence-electron chi connectivity index (χ4n) is 1.40. The third kappa shape index (κ3) is 3.69. The zero-order valence-corrected chi connectivity index (χ0v) is 9.62. The minimum absolute atomic E-state index is 0.0732. The molecule has 16 heavy (non-hydrogen) atoms. The Morgan fingerprint density at radius 1 is 1.50 bits per heavy atom. The monoisotopic (exact) mass is 230 g/mol. The van der Waals surface area contributed by atoms with Crippen LogP contribution in [0.3, 0.4) is 0 Å². The summed E-state index contributed by atoms with van der Waals surface area (Å²) in [5.74, 6) is -0.192.